The summed E-state index contributed by atoms with van der Waals surface area (Å²) in [5, 5.41) is 3.75. The van der Waals surface area contributed by atoms with E-state index in [0.29, 0.717) is 5.56 Å². The van der Waals surface area contributed by atoms with E-state index in [0.717, 1.165) is 10.5 Å². The summed E-state index contributed by atoms with van der Waals surface area (Å²) in [6, 6.07) is 3.57. The maximum Gasteiger partial charge on any atom is 0.261 e. The molecule has 16 heavy (non-hydrogen) atoms. The minimum Gasteiger partial charge on any atom is -0.323 e. The van der Waals surface area contributed by atoms with Gasteiger partial charge < -0.3 is 10.7 Å². The molecule has 0 atom stereocenters. The number of hydrogen-bond donors (Lipinski definition) is 1. The van der Waals surface area contributed by atoms with Crippen molar-refractivity contribution in [3.63, 3.8) is 0 Å². The summed E-state index contributed by atoms with van der Waals surface area (Å²) in [5.41, 5.74) is 1.16. The van der Waals surface area contributed by atoms with E-state index < -0.39 is 0 Å². The molecule has 0 unspecified atom stereocenters. The molecule has 0 saturated carbocycles. The van der Waals surface area contributed by atoms with Crippen LogP contribution in [-0.4, -0.2) is 27.8 Å². The molecule has 0 aliphatic carbocycles. The summed E-state index contributed by atoms with van der Waals surface area (Å²) in [6.45, 7) is 0. The molecule has 0 fully saturated rings. The number of nitrogen functional groups attached to an aromatic ring is 1. The van der Waals surface area contributed by atoms with Crippen LogP contribution in [0, 0.1) is 0 Å². The number of anilines is 1. The summed E-state index contributed by atoms with van der Waals surface area (Å²) in [6.07, 6.45) is 6.16. The molecule has 2 N–H and O–H groups in total. The Bertz CT molecular complexity index is 493. The van der Waals surface area contributed by atoms with E-state index in [2.05, 4.69) is 10.1 Å². The smallest absolute Gasteiger partial charge is 0.261 e. The van der Waals surface area contributed by atoms with Crippen molar-refractivity contribution < 1.29 is 4.79 Å². The molecule has 2 heterocycles. The highest BCUT2D eigenvalue weighted by molar-refractivity contribution is 6.05. The van der Waals surface area contributed by atoms with Crippen molar-refractivity contribution in [3.8, 4) is 0 Å². The molecule has 0 aromatic carbocycles. The molecule has 6 nitrogen and oxygen atoms in total. The van der Waals surface area contributed by atoms with Crippen LogP contribution in [-0.2, 0) is 0 Å². The quantitative estimate of drug-likeness (QED) is 0.732. The number of rotatable bonds is 2. The van der Waals surface area contributed by atoms with E-state index in [1.807, 2.05) is 0 Å². The average molecular weight is 217 g/mol. The van der Waals surface area contributed by atoms with E-state index in [4.69, 9.17) is 5.84 Å². The Hall–Kier alpha value is -2.37. The zero-order valence-corrected chi connectivity index (χ0v) is 8.74. The van der Waals surface area contributed by atoms with Gasteiger partial charge in [0.25, 0.3) is 5.91 Å². The van der Waals surface area contributed by atoms with E-state index in [1.54, 1.807) is 31.6 Å². The Labute approximate surface area is 92.3 Å². The van der Waals surface area contributed by atoms with E-state index in [-0.39, 0.29) is 5.91 Å². The zero-order chi connectivity index (χ0) is 11.5. The van der Waals surface area contributed by atoms with Crippen molar-refractivity contribution in [3.05, 3.63) is 42.5 Å². The van der Waals surface area contributed by atoms with Gasteiger partial charge in [-0.1, -0.05) is 0 Å². The molecule has 2 aromatic rings. The Balaban J connectivity index is 2.23. The van der Waals surface area contributed by atoms with Crippen LogP contribution < -0.4 is 10.7 Å². The van der Waals surface area contributed by atoms with Crippen LogP contribution in [0.2, 0.25) is 0 Å². The minimum atomic E-state index is -0.176. The highest BCUT2D eigenvalue weighted by atomic mass is 16.2. The Kier molecular flexibility index (Phi) is 2.55. The fraction of sp³-hybridized carbons (Fsp3) is 0.100. The topological polar surface area (TPSA) is 77.0 Å². The second-order valence-corrected chi connectivity index (χ2v) is 3.28. The lowest BCUT2D eigenvalue weighted by atomic mass is 10.3. The normalized spacial score (nSPS) is 10.1. The maximum atomic E-state index is 11.9. The molecular formula is C10H11N5O. The fourth-order valence-corrected chi connectivity index (χ4v) is 1.31. The molecule has 6 heteroatoms. The van der Waals surface area contributed by atoms with E-state index in [9.17, 15) is 4.79 Å². The van der Waals surface area contributed by atoms with E-state index in [1.165, 1.54) is 17.3 Å². The number of aromatic nitrogens is 3. The van der Waals surface area contributed by atoms with Crippen LogP contribution in [0.25, 0.3) is 0 Å². The molecular weight excluding hydrogens is 206 g/mol. The number of carbonyl (C=O) groups excluding carboxylic acids is 1. The first kappa shape index (κ1) is 10.2. The van der Waals surface area contributed by atoms with Crippen LogP contribution in [0.3, 0.4) is 0 Å². The molecule has 2 aromatic heterocycles. The summed E-state index contributed by atoms with van der Waals surface area (Å²) < 4.78 is 0. The molecule has 0 bridgehead atoms. The third-order valence-electron chi connectivity index (χ3n) is 2.19. The van der Waals surface area contributed by atoms with Crippen LogP contribution in [0.1, 0.15) is 10.4 Å². The van der Waals surface area contributed by atoms with Crippen LogP contribution in [0.4, 0.5) is 5.69 Å². The minimum absolute atomic E-state index is 0.176. The van der Waals surface area contributed by atoms with Gasteiger partial charge in [-0.15, -0.1) is 0 Å². The number of nitrogens with zero attached hydrogens (tertiary/aromatic N) is 4. The van der Waals surface area contributed by atoms with Gasteiger partial charge in [0.2, 0.25) is 0 Å². The SMILES string of the molecule is CN(C(=O)c1cnn(N)c1)c1cccnc1. The predicted molar refractivity (Wildman–Crippen MR) is 59.3 cm³/mol. The van der Waals surface area contributed by atoms with Gasteiger partial charge in [-0.3, -0.25) is 9.78 Å². The molecule has 2 rings (SSSR count). The van der Waals surface area contributed by atoms with Crippen molar-refractivity contribution in [1.29, 1.82) is 0 Å². The summed E-state index contributed by atoms with van der Waals surface area (Å²) in [5.74, 6) is 5.20. The first-order valence-corrected chi connectivity index (χ1v) is 4.66. The highest BCUT2D eigenvalue weighted by Gasteiger charge is 2.14. The number of carbonyl (C=O) groups is 1. The lowest BCUT2D eigenvalue weighted by Gasteiger charge is -2.15. The van der Waals surface area contributed by atoms with Crippen LogP contribution >= 0.6 is 0 Å². The van der Waals surface area contributed by atoms with Crippen molar-refractivity contribution in [1.82, 2.24) is 14.9 Å². The Morgan fingerprint density at radius 2 is 2.31 bits per heavy atom. The Morgan fingerprint density at radius 1 is 1.50 bits per heavy atom. The van der Waals surface area contributed by atoms with Crippen molar-refractivity contribution in [2.75, 3.05) is 17.8 Å². The molecule has 1 amide bonds. The van der Waals surface area contributed by atoms with Gasteiger partial charge >= 0.3 is 0 Å². The second kappa shape index (κ2) is 4.01. The number of nitrogens with two attached hydrogens (primary N) is 1. The average Bonchev–Trinajstić information content (AvgIpc) is 2.75. The monoisotopic (exact) mass is 217 g/mol. The molecule has 0 aliphatic rings. The molecule has 0 aliphatic heterocycles. The van der Waals surface area contributed by atoms with Gasteiger partial charge in [-0.2, -0.15) is 9.89 Å². The van der Waals surface area contributed by atoms with Crippen LogP contribution in [0.15, 0.2) is 36.9 Å². The van der Waals surface area contributed by atoms with E-state index >= 15 is 0 Å². The third kappa shape index (κ3) is 1.85. The van der Waals surface area contributed by atoms with Gasteiger partial charge in [0.1, 0.15) is 0 Å². The number of hydrogen-bond acceptors (Lipinski definition) is 4. The van der Waals surface area contributed by atoms with Crippen molar-refractivity contribution in [2.24, 2.45) is 0 Å². The highest BCUT2D eigenvalue weighted by Crippen LogP contribution is 2.12. The van der Waals surface area contributed by atoms with Gasteiger partial charge in [0, 0.05) is 13.2 Å². The number of pyridine rings is 1. The van der Waals surface area contributed by atoms with Gasteiger partial charge in [0.05, 0.1) is 29.8 Å². The molecule has 0 spiro atoms. The maximum absolute atomic E-state index is 11.9. The lowest BCUT2D eigenvalue weighted by Crippen LogP contribution is -2.26. The lowest BCUT2D eigenvalue weighted by molar-refractivity contribution is 0.0993. The first-order valence-electron chi connectivity index (χ1n) is 4.66. The fourth-order valence-electron chi connectivity index (χ4n) is 1.31. The van der Waals surface area contributed by atoms with Crippen molar-refractivity contribution >= 4 is 11.6 Å². The number of amides is 1. The molecule has 0 radical (unpaired) electrons. The third-order valence-corrected chi connectivity index (χ3v) is 2.19. The summed E-state index contributed by atoms with van der Waals surface area (Å²) >= 11 is 0. The summed E-state index contributed by atoms with van der Waals surface area (Å²) in [7, 11) is 1.67. The van der Waals surface area contributed by atoms with Gasteiger partial charge in [0.15, 0.2) is 0 Å². The summed E-state index contributed by atoms with van der Waals surface area (Å²) in [4.78, 5) is 18.5. The second-order valence-electron chi connectivity index (χ2n) is 3.28. The zero-order valence-electron chi connectivity index (χ0n) is 8.74. The van der Waals surface area contributed by atoms with Gasteiger partial charge in [-0.25, -0.2) is 0 Å². The van der Waals surface area contributed by atoms with Crippen molar-refractivity contribution in [2.45, 2.75) is 0 Å². The molecule has 0 saturated heterocycles. The van der Waals surface area contributed by atoms with Crippen LogP contribution in [0.5, 0.6) is 0 Å². The largest absolute Gasteiger partial charge is 0.323 e. The molecule has 82 valence electrons. The standard InChI is InChI=1S/C10H11N5O/c1-14(9-3-2-4-12-6-9)10(16)8-5-13-15(11)7-8/h2-7H,11H2,1H3. The predicted octanol–water partition coefficient (Wildman–Crippen LogP) is 0.268. The first-order chi connectivity index (χ1) is 7.68. The van der Waals surface area contributed by atoms with Gasteiger partial charge in [-0.05, 0) is 12.1 Å². The Morgan fingerprint density at radius 3 is 2.88 bits per heavy atom.